The maximum absolute atomic E-state index is 13.2. The smallest absolute Gasteiger partial charge is 0.316 e. The number of carbonyl (C=O) groups excluding carboxylic acids is 2. The highest BCUT2D eigenvalue weighted by atomic mass is 16.5. The van der Waals surface area contributed by atoms with Gasteiger partial charge in [0.15, 0.2) is 11.5 Å². The van der Waals surface area contributed by atoms with E-state index in [2.05, 4.69) is 0 Å². The van der Waals surface area contributed by atoms with Gasteiger partial charge in [0.2, 0.25) is 0 Å². The minimum atomic E-state index is -0.992. The number of fused-ring (bicyclic) bond motifs is 1. The van der Waals surface area contributed by atoms with E-state index in [1.54, 1.807) is 6.08 Å². The second-order valence-electron chi connectivity index (χ2n) is 9.10. The van der Waals surface area contributed by atoms with Crippen molar-refractivity contribution in [1.29, 1.82) is 0 Å². The number of hydrogen-bond acceptors (Lipinski definition) is 6. The van der Waals surface area contributed by atoms with Gasteiger partial charge in [0.05, 0.1) is 45.6 Å². The van der Waals surface area contributed by atoms with Crippen LogP contribution in [0.1, 0.15) is 30.4 Å². The first-order valence-electron chi connectivity index (χ1n) is 11.7. The monoisotopic (exact) mass is 464 g/mol. The molecule has 6 heteroatoms. The molecule has 180 valence electrons. The summed E-state index contributed by atoms with van der Waals surface area (Å²) in [6.07, 6.45) is 2.87. The van der Waals surface area contributed by atoms with Crippen LogP contribution in [0.25, 0.3) is 0 Å². The van der Waals surface area contributed by atoms with Crippen molar-refractivity contribution in [2.24, 2.45) is 17.3 Å². The second-order valence-corrected chi connectivity index (χ2v) is 9.10. The first kappa shape index (κ1) is 24.2. The van der Waals surface area contributed by atoms with Crippen LogP contribution in [0, 0.1) is 17.3 Å². The van der Waals surface area contributed by atoms with Crippen molar-refractivity contribution in [3.63, 3.8) is 0 Å². The van der Waals surface area contributed by atoms with E-state index in [0.29, 0.717) is 32.7 Å². The summed E-state index contributed by atoms with van der Waals surface area (Å²) in [6.45, 7) is 1.27. The van der Waals surface area contributed by atoms with E-state index in [0.717, 1.165) is 11.1 Å². The summed E-state index contributed by atoms with van der Waals surface area (Å²) >= 11 is 0. The van der Waals surface area contributed by atoms with E-state index in [-0.39, 0.29) is 41.9 Å². The lowest BCUT2D eigenvalue weighted by atomic mass is 9.72. The van der Waals surface area contributed by atoms with Crippen LogP contribution in [0.2, 0.25) is 0 Å². The number of methoxy groups -OCH3 is 2. The third-order valence-corrected chi connectivity index (χ3v) is 6.98. The number of Topliss-reactive ketones (excluding diaryl/α,β-unsaturated/α-hetero) is 1. The molecule has 0 unspecified atom stereocenters. The predicted octanol–water partition coefficient (Wildman–Crippen LogP) is 4.48. The Labute approximate surface area is 200 Å². The van der Waals surface area contributed by atoms with E-state index in [9.17, 15) is 9.59 Å². The van der Waals surface area contributed by atoms with Crippen molar-refractivity contribution < 1.29 is 28.5 Å². The molecule has 6 nitrogen and oxygen atoms in total. The van der Waals surface area contributed by atoms with Crippen molar-refractivity contribution in [1.82, 2.24) is 0 Å². The highest BCUT2D eigenvalue weighted by Gasteiger charge is 2.57. The van der Waals surface area contributed by atoms with Crippen molar-refractivity contribution in [3.05, 3.63) is 83.6 Å². The van der Waals surface area contributed by atoms with Crippen LogP contribution >= 0.6 is 0 Å². The summed E-state index contributed by atoms with van der Waals surface area (Å²) in [5.41, 5.74) is 1.15. The van der Waals surface area contributed by atoms with Crippen molar-refractivity contribution in [2.45, 2.75) is 38.6 Å². The van der Waals surface area contributed by atoms with E-state index in [4.69, 9.17) is 18.9 Å². The summed E-state index contributed by atoms with van der Waals surface area (Å²) in [5.74, 6) is -0.585. The van der Waals surface area contributed by atoms with Crippen LogP contribution in [0.5, 0.6) is 0 Å². The molecule has 1 saturated carbocycles. The Hall–Kier alpha value is -2.96. The summed E-state index contributed by atoms with van der Waals surface area (Å²) in [5, 5.41) is 0. The lowest BCUT2D eigenvalue weighted by Gasteiger charge is -2.33. The molecule has 2 aliphatic rings. The van der Waals surface area contributed by atoms with E-state index < -0.39 is 5.41 Å². The van der Waals surface area contributed by atoms with E-state index in [1.807, 2.05) is 60.7 Å². The van der Waals surface area contributed by atoms with Crippen molar-refractivity contribution in [2.75, 3.05) is 20.8 Å². The van der Waals surface area contributed by atoms with Crippen LogP contribution in [0.4, 0.5) is 0 Å². The van der Waals surface area contributed by atoms with Gasteiger partial charge in [-0.2, -0.15) is 0 Å². The van der Waals surface area contributed by atoms with Gasteiger partial charge in [0, 0.05) is 6.42 Å². The summed E-state index contributed by atoms with van der Waals surface area (Å²) < 4.78 is 23.0. The SMILES string of the molecule is COC(=O)[C@]12C=C(OC)C(=O)C[C@H](COCc3ccccc3)[C@@H]1C[C@H](OCc1ccccc1)C2. The lowest BCUT2D eigenvalue weighted by Crippen LogP contribution is -2.38. The van der Waals surface area contributed by atoms with Gasteiger partial charge in [0.25, 0.3) is 0 Å². The Kier molecular flexibility index (Phi) is 7.80. The van der Waals surface area contributed by atoms with Crippen LogP contribution in [-0.4, -0.2) is 38.7 Å². The number of allylic oxidation sites excluding steroid dienone is 1. The van der Waals surface area contributed by atoms with Crippen molar-refractivity contribution in [3.8, 4) is 0 Å². The number of benzene rings is 2. The minimum absolute atomic E-state index is 0.116. The summed E-state index contributed by atoms with van der Waals surface area (Å²) in [6, 6.07) is 19.9. The molecule has 0 aromatic heterocycles. The average molecular weight is 465 g/mol. The van der Waals surface area contributed by atoms with Crippen LogP contribution in [-0.2, 0) is 41.8 Å². The fourth-order valence-electron chi connectivity index (χ4n) is 5.33. The van der Waals surface area contributed by atoms with Gasteiger partial charge in [-0.1, -0.05) is 60.7 Å². The molecule has 34 heavy (non-hydrogen) atoms. The molecule has 1 fully saturated rings. The standard InChI is InChI=1S/C28H32O6/c1-31-26-16-28(27(30)32-2)15-23(34-18-21-11-7-4-8-12-21)14-24(28)22(13-25(26)29)19-33-17-20-9-5-3-6-10-20/h3-12,16,22-24H,13-15,17-19H2,1-2H3/t22-,23+,24+,28-/m1/s1. The normalized spacial score (nSPS) is 26.4. The maximum atomic E-state index is 13.2. The van der Waals surface area contributed by atoms with Gasteiger partial charge < -0.3 is 18.9 Å². The van der Waals surface area contributed by atoms with Gasteiger partial charge in [0.1, 0.15) is 0 Å². The topological polar surface area (TPSA) is 71.1 Å². The fourth-order valence-corrected chi connectivity index (χ4v) is 5.33. The average Bonchev–Trinajstić information content (AvgIpc) is 3.20. The molecule has 0 saturated heterocycles. The lowest BCUT2D eigenvalue weighted by molar-refractivity contribution is -0.153. The Morgan fingerprint density at radius 2 is 1.62 bits per heavy atom. The van der Waals surface area contributed by atoms with E-state index in [1.165, 1.54) is 14.2 Å². The molecule has 2 aromatic carbocycles. The van der Waals surface area contributed by atoms with Crippen LogP contribution in [0.15, 0.2) is 72.5 Å². The number of ketones is 1. The third kappa shape index (κ3) is 5.24. The maximum Gasteiger partial charge on any atom is 0.316 e. The zero-order chi connectivity index (χ0) is 24.0. The fraction of sp³-hybridized carbons (Fsp3) is 0.429. The molecular weight excluding hydrogens is 432 g/mol. The molecule has 0 spiro atoms. The highest BCUT2D eigenvalue weighted by Crippen LogP contribution is 2.53. The highest BCUT2D eigenvalue weighted by molar-refractivity contribution is 5.96. The molecule has 0 bridgehead atoms. The van der Waals surface area contributed by atoms with Gasteiger partial charge in [-0.25, -0.2) is 0 Å². The number of rotatable bonds is 9. The van der Waals surface area contributed by atoms with Crippen molar-refractivity contribution >= 4 is 11.8 Å². The van der Waals surface area contributed by atoms with Gasteiger partial charge in [-0.3, -0.25) is 9.59 Å². The molecule has 0 N–H and O–H groups in total. The first-order valence-corrected chi connectivity index (χ1v) is 11.7. The molecule has 2 aliphatic carbocycles. The Morgan fingerprint density at radius 1 is 0.971 bits per heavy atom. The zero-order valence-electron chi connectivity index (χ0n) is 19.8. The van der Waals surface area contributed by atoms with Crippen LogP contribution in [0.3, 0.4) is 0 Å². The molecule has 4 rings (SSSR count). The van der Waals surface area contributed by atoms with Gasteiger partial charge in [-0.05, 0) is 41.9 Å². The number of carbonyl (C=O) groups is 2. The molecule has 2 aromatic rings. The summed E-state index contributed by atoms with van der Waals surface area (Å²) in [4.78, 5) is 26.2. The number of ether oxygens (including phenoxy) is 4. The van der Waals surface area contributed by atoms with Gasteiger partial charge >= 0.3 is 5.97 Å². The van der Waals surface area contributed by atoms with Gasteiger partial charge in [-0.15, -0.1) is 0 Å². The second kappa shape index (κ2) is 11.0. The largest absolute Gasteiger partial charge is 0.493 e. The molecule has 0 heterocycles. The zero-order valence-corrected chi connectivity index (χ0v) is 19.8. The summed E-state index contributed by atoms with van der Waals surface area (Å²) in [7, 11) is 2.86. The minimum Gasteiger partial charge on any atom is -0.493 e. The molecule has 0 aliphatic heterocycles. The predicted molar refractivity (Wildman–Crippen MR) is 126 cm³/mol. The molecule has 4 atom stereocenters. The molecule has 0 radical (unpaired) electrons. The Morgan fingerprint density at radius 3 is 2.24 bits per heavy atom. The third-order valence-electron chi connectivity index (χ3n) is 6.98. The quantitative estimate of drug-likeness (QED) is 0.510. The molecular formula is C28H32O6. The van der Waals surface area contributed by atoms with E-state index >= 15 is 0 Å². The molecule has 0 amide bonds. The Bertz CT molecular complexity index is 1000. The number of hydrogen-bond donors (Lipinski definition) is 0. The number of esters is 1. The van der Waals surface area contributed by atoms with Crippen LogP contribution < -0.4 is 0 Å². The Balaban J connectivity index is 1.56. The first-order chi connectivity index (χ1) is 16.6.